The highest BCUT2D eigenvalue weighted by Crippen LogP contribution is 2.40. The largest absolute Gasteiger partial charge is 0.386 e. The highest BCUT2D eigenvalue weighted by Gasteiger charge is 2.26. The van der Waals surface area contributed by atoms with Crippen LogP contribution in [0.5, 0.6) is 0 Å². The maximum Gasteiger partial charge on any atom is 0.0774 e. The minimum atomic E-state index is -0.746. The molecule has 1 rings (SSSR count). The van der Waals surface area contributed by atoms with Gasteiger partial charge in [-0.05, 0) is 51.0 Å². The number of hydrogen-bond acceptors (Lipinski definition) is 1. The zero-order valence-electron chi connectivity index (χ0n) is 14.2. The summed E-state index contributed by atoms with van der Waals surface area (Å²) in [5.74, 6) is 0. The van der Waals surface area contributed by atoms with Crippen LogP contribution in [0.15, 0.2) is 59.8 Å². The Balaban J connectivity index is 2.56. The molecule has 0 radical (unpaired) electrons. The maximum absolute atomic E-state index is 9.52. The second kappa shape index (κ2) is 7.61. The van der Waals surface area contributed by atoms with E-state index < -0.39 is 5.60 Å². The van der Waals surface area contributed by atoms with Gasteiger partial charge >= 0.3 is 0 Å². The average Bonchev–Trinajstić information content (AvgIpc) is 2.33. The third-order valence-corrected chi connectivity index (χ3v) is 3.87. The molecule has 116 valence electrons. The smallest absolute Gasteiger partial charge is 0.0774 e. The van der Waals surface area contributed by atoms with Crippen LogP contribution in [0.25, 0.3) is 0 Å². The minimum Gasteiger partial charge on any atom is -0.386 e. The Morgan fingerprint density at radius 1 is 1.00 bits per heavy atom. The van der Waals surface area contributed by atoms with Crippen molar-refractivity contribution in [2.24, 2.45) is 5.41 Å². The normalized spacial score (nSPS) is 20.7. The summed E-state index contributed by atoms with van der Waals surface area (Å²) >= 11 is 0. The first kappa shape index (κ1) is 17.7. The summed E-state index contributed by atoms with van der Waals surface area (Å²) in [6, 6.07) is 0. The van der Waals surface area contributed by atoms with Crippen LogP contribution < -0.4 is 0 Å². The second-order valence-corrected chi connectivity index (χ2v) is 7.07. The molecule has 0 bridgehead atoms. The van der Waals surface area contributed by atoms with E-state index >= 15 is 0 Å². The van der Waals surface area contributed by atoms with E-state index in [0.29, 0.717) is 5.41 Å². The predicted molar refractivity (Wildman–Crippen MR) is 93.2 cm³/mol. The van der Waals surface area contributed by atoms with Gasteiger partial charge in [0.1, 0.15) is 0 Å². The number of aliphatic hydroxyl groups is 1. The molecule has 0 aliphatic heterocycles. The molecule has 1 heteroatoms. The summed E-state index contributed by atoms with van der Waals surface area (Å²) in [5, 5.41) is 9.52. The summed E-state index contributed by atoms with van der Waals surface area (Å²) in [7, 11) is 0. The summed E-state index contributed by atoms with van der Waals surface area (Å²) in [6.07, 6.45) is 19.8. The van der Waals surface area contributed by atoms with E-state index in [1.165, 1.54) is 30.4 Å². The van der Waals surface area contributed by atoms with Gasteiger partial charge in [-0.1, -0.05) is 68.0 Å². The fourth-order valence-corrected chi connectivity index (χ4v) is 2.71. The molecular formula is C20H30O. The summed E-state index contributed by atoms with van der Waals surface area (Å²) in [5.41, 5.74) is 2.58. The summed E-state index contributed by atoms with van der Waals surface area (Å²) in [6.45, 7) is 10.4. The van der Waals surface area contributed by atoms with Crippen molar-refractivity contribution in [3.63, 3.8) is 0 Å². The molecule has 1 aliphatic rings. The van der Waals surface area contributed by atoms with Gasteiger partial charge in [-0.25, -0.2) is 0 Å². The van der Waals surface area contributed by atoms with E-state index in [-0.39, 0.29) is 0 Å². The quantitative estimate of drug-likeness (QED) is 0.661. The van der Waals surface area contributed by atoms with Crippen LogP contribution in [0, 0.1) is 5.41 Å². The van der Waals surface area contributed by atoms with Gasteiger partial charge in [-0.2, -0.15) is 0 Å². The molecule has 1 aliphatic carbocycles. The first-order valence-corrected chi connectivity index (χ1v) is 7.84. The molecule has 0 atom stereocenters. The Labute approximate surface area is 130 Å². The first-order chi connectivity index (χ1) is 9.72. The van der Waals surface area contributed by atoms with Gasteiger partial charge in [-0.3, -0.25) is 0 Å². The lowest BCUT2D eigenvalue weighted by Crippen LogP contribution is -2.18. The molecule has 0 saturated carbocycles. The summed E-state index contributed by atoms with van der Waals surface area (Å²) in [4.78, 5) is 0. The molecule has 1 nitrogen and oxygen atoms in total. The van der Waals surface area contributed by atoms with Crippen LogP contribution in [-0.2, 0) is 0 Å². The second-order valence-electron chi connectivity index (χ2n) is 7.07. The van der Waals surface area contributed by atoms with E-state index in [1.807, 2.05) is 24.3 Å². The zero-order valence-corrected chi connectivity index (χ0v) is 14.2. The van der Waals surface area contributed by atoms with Crippen molar-refractivity contribution in [2.75, 3.05) is 0 Å². The Bertz CT molecular complexity index is 476. The number of hydrogen-bond donors (Lipinski definition) is 1. The third kappa shape index (κ3) is 6.77. The third-order valence-electron chi connectivity index (χ3n) is 3.87. The topological polar surface area (TPSA) is 20.2 Å². The molecular weight excluding hydrogens is 256 g/mol. The van der Waals surface area contributed by atoms with E-state index in [4.69, 9.17) is 0 Å². The monoisotopic (exact) mass is 286 g/mol. The molecule has 0 aromatic rings. The fraction of sp³-hybridized carbons (Fsp3) is 0.500. The fourth-order valence-electron chi connectivity index (χ4n) is 2.71. The summed E-state index contributed by atoms with van der Waals surface area (Å²) < 4.78 is 0. The van der Waals surface area contributed by atoms with Crippen molar-refractivity contribution in [2.45, 2.75) is 59.5 Å². The van der Waals surface area contributed by atoms with Gasteiger partial charge < -0.3 is 5.11 Å². The van der Waals surface area contributed by atoms with Crippen LogP contribution >= 0.6 is 0 Å². The van der Waals surface area contributed by atoms with Crippen LogP contribution in [0.2, 0.25) is 0 Å². The standard InChI is InChI=1S/C20H30O/c1-17-13-12-15-19(2,3)18(17)14-10-8-6-7-9-11-16-20(4,5)21/h6-11,14,16,21H,12-13,15H2,1-5H3. The van der Waals surface area contributed by atoms with Crippen molar-refractivity contribution in [3.05, 3.63) is 59.8 Å². The highest BCUT2D eigenvalue weighted by atomic mass is 16.3. The highest BCUT2D eigenvalue weighted by molar-refractivity contribution is 5.34. The molecule has 0 heterocycles. The van der Waals surface area contributed by atoms with E-state index in [0.717, 1.165) is 0 Å². The molecule has 0 amide bonds. The Kier molecular flexibility index (Phi) is 6.42. The van der Waals surface area contributed by atoms with Crippen LogP contribution in [-0.4, -0.2) is 10.7 Å². The Morgan fingerprint density at radius 2 is 1.57 bits per heavy atom. The van der Waals surface area contributed by atoms with Crippen molar-refractivity contribution in [1.82, 2.24) is 0 Å². The molecule has 0 aromatic carbocycles. The van der Waals surface area contributed by atoms with Gasteiger partial charge in [0.2, 0.25) is 0 Å². The van der Waals surface area contributed by atoms with Gasteiger partial charge in [0.05, 0.1) is 5.60 Å². The van der Waals surface area contributed by atoms with E-state index in [2.05, 4.69) is 39.0 Å². The van der Waals surface area contributed by atoms with Crippen LogP contribution in [0.3, 0.4) is 0 Å². The van der Waals surface area contributed by atoms with Crippen molar-refractivity contribution < 1.29 is 5.11 Å². The van der Waals surface area contributed by atoms with Gasteiger partial charge in [0.15, 0.2) is 0 Å². The van der Waals surface area contributed by atoms with Gasteiger partial charge in [-0.15, -0.1) is 0 Å². The van der Waals surface area contributed by atoms with E-state index in [9.17, 15) is 5.11 Å². The maximum atomic E-state index is 9.52. The van der Waals surface area contributed by atoms with E-state index in [1.54, 1.807) is 19.9 Å². The Morgan fingerprint density at radius 3 is 2.14 bits per heavy atom. The number of rotatable bonds is 5. The average molecular weight is 286 g/mol. The molecule has 0 spiro atoms. The van der Waals surface area contributed by atoms with Crippen molar-refractivity contribution >= 4 is 0 Å². The molecule has 0 fully saturated rings. The zero-order chi connectivity index (χ0) is 15.9. The SMILES string of the molecule is CC1=C(C=CC=CC=CC=CC(C)(C)O)C(C)(C)CCC1. The van der Waals surface area contributed by atoms with Crippen LogP contribution in [0.1, 0.15) is 53.9 Å². The van der Waals surface area contributed by atoms with Crippen molar-refractivity contribution in [1.29, 1.82) is 0 Å². The molecule has 21 heavy (non-hydrogen) atoms. The lowest BCUT2D eigenvalue weighted by molar-refractivity contribution is 0.133. The van der Waals surface area contributed by atoms with Crippen LogP contribution in [0.4, 0.5) is 0 Å². The lowest BCUT2D eigenvalue weighted by atomic mass is 9.73. The lowest BCUT2D eigenvalue weighted by Gasteiger charge is -2.32. The predicted octanol–water partition coefficient (Wildman–Crippen LogP) is 5.51. The Hall–Kier alpha value is -1.34. The van der Waals surface area contributed by atoms with Gasteiger partial charge in [0, 0.05) is 0 Å². The molecule has 0 saturated heterocycles. The molecule has 0 unspecified atom stereocenters. The molecule has 1 N–H and O–H groups in total. The first-order valence-electron chi connectivity index (χ1n) is 7.84. The van der Waals surface area contributed by atoms with Crippen molar-refractivity contribution in [3.8, 4) is 0 Å². The molecule has 0 aromatic heterocycles. The number of allylic oxidation sites excluding steroid dienone is 9. The minimum absolute atomic E-state index is 0.304. The van der Waals surface area contributed by atoms with Gasteiger partial charge in [0.25, 0.3) is 0 Å².